The molecule has 0 bridgehead atoms. The monoisotopic (exact) mass is 448 g/mol. The minimum atomic E-state index is -0.303. The van der Waals surface area contributed by atoms with Gasteiger partial charge in [0, 0.05) is 5.02 Å². The standard InChI is InChI=1S/C23H17ClN4O2S/c24-17-10-12-18(13-11-17)28-22(30)19-8-4-5-9-20(19)26-23(28)31-15-21(29)27-25-14-16-6-2-1-3-7-16/h1-14H,15H2,(H,27,29)/b25-14+. The van der Waals surface area contributed by atoms with Crippen molar-refractivity contribution in [3.63, 3.8) is 0 Å². The molecule has 0 atom stereocenters. The summed E-state index contributed by atoms with van der Waals surface area (Å²) < 4.78 is 1.49. The van der Waals surface area contributed by atoms with Crippen LogP contribution < -0.4 is 11.0 Å². The van der Waals surface area contributed by atoms with Crippen molar-refractivity contribution in [1.29, 1.82) is 0 Å². The van der Waals surface area contributed by atoms with E-state index in [0.717, 1.165) is 17.3 Å². The van der Waals surface area contributed by atoms with E-state index in [1.54, 1.807) is 48.7 Å². The Bertz CT molecular complexity index is 1300. The SMILES string of the molecule is O=C(CSc1nc2ccccc2c(=O)n1-c1ccc(Cl)cc1)N/N=C/c1ccccc1. The molecule has 0 aliphatic rings. The van der Waals surface area contributed by atoms with Crippen molar-refractivity contribution in [3.05, 3.63) is 99.8 Å². The summed E-state index contributed by atoms with van der Waals surface area (Å²) in [4.78, 5) is 30.0. The maximum Gasteiger partial charge on any atom is 0.266 e. The van der Waals surface area contributed by atoms with Crippen LogP contribution in [-0.2, 0) is 4.79 Å². The van der Waals surface area contributed by atoms with E-state index >= 15 is 0 Å². The Kier molecular flexibility index (Phi) is 6.45. The average molecular weight is 449 g/mol. The van der Waals surface area contributed by atoms with Crippen molar-refractivity contribution >= 4 is 46.4 Å². The van der Waals surface area contributed by atoms with Crippen LogP contribution in [-0.4, -0.2) is 27.4 Å². The van der Waals surface area contributed by atoms with Crippen LogP contribution in [0.2, 0.25) is 5.02 Å². The van der Waals surface area contributed by atoms with Crippen molar-refractivity contribution in [2.75, 3.05) is 5.75 Å². The zero-order valence-electron chi connectivity index (χ0n) is 16.2. The molecular weight excluding hydrogens is 432 g/mol. The first-order valence-electron chi connectivity index (χ1n) is 9.39. The molecule has 1 aromatic heterocycles. The molecule has 0 radical (unpaired) electrons. The number of fused-ring (bicyclic) bond motifs is 1. The molecule has 0 fully saturated rings. The van der Waals surface area contributed by atoms with E-state index in [1.807, 2.05) is 36.4 Å². The summed E-state index contributed by atoms with van der Waals surface area (Å²) >= 11 is 7.16. The Hall–Kier alpha value is -3.42. The lowest BCUT2D eigenvalue weighted by molar-refractivity contribution is -0.118. The molecule has 4 aromatic rings. The average Bonchev–Trinajstić information content (AvgIpc) is 2.79. The van der Waals surface area contributed by atoms with E-state index in [-0.39, 0.29) is 17.2 Å². The molecule has 8 heteroatoms. The molecule has 0 aliphatic heterocycles. The lowest BCUT2D eigenvalue weighted by Gasteiger charge is -2.13. The van der Waals surface area contributed by atoms with Gasteiger partial charge in [-0.25, -0.2) is 10.4 Å². The number of benzene rings is 3. The zero-order valence-corrected chi connectivity index (χ0v) is 17.8. The van der Waals surface area contributed by atoms with Crippen LogP contribution in [0.3, 0.4) is 0 Å². The lowest BCUT2D eigenvalue weighted by atomic mass is 10.2. The molecule has 0 spiro atoms. The molecule has 0 aliphatic carbocycles. The molecule has 0 saturated heterocycles. The Morgan fingerprint density at radius 3 is 2.52 bits per heavy atom. The maximum absolute atomic E-state index is 13.2. The highest BCUT2D eigenvalue weighted by atomic mass is 35.5. The third-order valence-corrected chi connectivity index (χ3v) is 5.56. The molecule has 31 heavy (non-hydrogen) atoms. The number of rotatable bonds is 6. The third kappa shape index (κ3) is 5.02. The second-order valence-corrected chi connectivity index (χ2v) is 7.90. The minimum Gasteiger partial charge on any atom is -0.272 e. The normalized spacial score (nSPS) is 11.1. The topological polar surface area (TPSA) is 76.3 Å². The smallest absolute Gasteiger partial charge is 0.266 e. The number of thioether (sulfide) groups is 1. The minimum absolute atomic E-state index is 0.0461. The van der Waals surface area contributed by atoms with Gasteiger partial charge in [0.25, 0.3) is 11.5 Å². The van der Waals surface area contributed by atoms with Crippen molar-refractivity contribution in [2.24, 2.45) is 5.10 Å². The van der Waals surface area contributed by atoms with E-state index in [1.165, 1.54) is 4.57 Å². The van der Waals surface area contributed by atoms with Gasteiger partial charge >= 0.3 is 0 Å². The number of hydrogen-bond donors (Lipinski definition) is 1. The van der Waals surface area contributed by atoms with E-state index in [9.17, 15) is 9.59 Å². The van der Waals surface area contributed by atoms with Crippen molar-refractivity contribution in [1.82, 2.24) is 15.0 Å². The predicted octanol–water partition coefficient (Wildman–Crippen LogP) is 4.28. The Morgan fingerprint density at radius 1 is 1.03 bits per heavy atom. The van der Waals surface area contributed by atoms with Crippen LogP contribution in [0.5, 0.6) is 0 Å². The number of nitrogens with zero attached hydrogens (tertiary/aromatic N) is 3. The Labute approximate surface area is 187 Å². The molecular formula is C23H17ClN4O2S. The Morgan fingerprint density at radius 2 is 1.74 bits per heavy atom. The van der Waals surface area contributed by atoms with E-state index in [2.05, 4.69) is 15.5 Å². The number of nitrogens with one attached hydrogen (secondary N) is 1. The summed E-state index contributed by atoms with van der Waals surface area (Å²) in [5.41, 5.74) is 4.36. The van der Waals surface area contributed by atoms with Crippen LogP contribution in [0.1, 0.15) is 5.56 Å². The lowest BCUT2D eigenvalue weighted by Crippen LogP contribution is -2.24. The van der Waals surface area contributed by atoms with Gasteiger partial charge in [-0.15, -0.1) is 0 Å². The second-order valence-electron chi connectivity index (χ2n) is 6.52. The van der Waals surface area contributed by atoms with Gasteiger partial charge in [0.15, 0.2) is 5.16 Å². The fraction of sp³-hybridized carbons (Fsp3) is 0.0435. The molecule has 6 nitrogen and oxygen atoms in total. The van der Waals surface area contributed by atoms with Crippen molar-refractivity contribution < 1.29 is 4.79 Å². The van der Waals surface area contributed by atoms with Gasteiger partial charge in [-0.05, 0) is 42.0 Å². The first kappa shape index (κ1) is 20.8. The fourth-order valence-electron chi connectivity index (χ4n) is 2.91. The molecule has 1 amide bonds. The number of hydrogen-bond acceptors (Lipinski definition) is 5. The molecule has 154 valence electrons. The second kappa shape index (κ2) is 9.59. The highest BCUT2D eigenvalue weighted by Crippen LogP contribution is 2.22. The number of hydrazone groups is 1. The maximum atomic E-state index is 13.2. The van der Waals surface area contributed by atoms with Gasteiger partial charge in [-0.3, -0.25) is 14.2 Å². The van der Waals surface area contributed by atoms with Crippen LogP contribution in [0.15, 0.2) is 93.9 Å². The first-order valence-corrected chi connectivity index (χ1v) is 10.8. The van der Waals surface area contributed by atoms with Gasteiger partial charge < -0.3 is 0 Å². The highest BCUT2D eigenvalue weighted by molar-refractivity contribution is 7.99. The number of carbonyl (C=O) groups excluding carboxylic acids is 1. The molecule has 4 rings (SSSR count). The number of aromatic nitrogens is 2. The van der Waals surface area contributed by atoms with E-state index in [4.69, 9.17) is 11.6 Å². The largest absolute Gasteiger partial charge is 0.272 e. The number of halogens is 1. The van der Waals surface area contributed by atoms with Gasteiger partial charge in [0.2, 0.25) is 0 Å². The van der Waals surface area contributed by atoms with Crippen LogP contribution in [0.25, 0.3) is 16.6 Å². The third-order valence-electron chi connectivity index (χ3n) is 4.36. The van der Waals surface area contributed by atoms with Gasteiger partial charge in [-0.2, -0.15) is 5.10 Å². The van der Waals surface area contributed by atoms with E-state index < -0.39 is 0 Å². The fourth-order valence-corrected chi connectivity index (χ4v) is 3.84. The summed E-state index contributed by atoms with van der Waals surface area (Å²) in [7, 11) is 0. The first-order chi connectivity index (χ1) is 15.1. The van der Waals surface area contributed by atoms with Crippen LogP contribution >= 0.6 is 23.4 Å². The summed E-state index contributed by atoms with van der Waals surface area (Å²) in [6.07, 6.45) is 1.57. The highest BCUT2D eigenvalue weighted by Gasteiger charge is 2.14. The van der Waals surface area contributed by atoms with Crippen molar-refractivity contribution in [3.8, 4) is 5.69 Å². The van der Waals surface area contributed by atoms with Crippen molar-refractivity contribution in [2.45, 2.75) is 5.16 Å². The zero-order chi connectivity index (χ0) is 21.6. The van der Waals surface area contributed by atoms with Gasteiger partial charge in [0.1, 0.15) is 0 Å². The van der Waals surface area contributed by atoms with Crippen LogP contribution in [0.4, 0.5) is 0 Å². The molecule has 1 N–H and O–H groups in total. The van der Waals surface area contributed by atoms with Gasteiger partial charge in [-0.1, -0.05) is 65.8 Å². The Balaban J connectivity index is 1.58. The molecule has 1 heterocycles. The van der Waals surface area contributed by atoms with Crippen LogP contribution in [0, 0.1) is 0 Å². The van der Waals surface area contributed by atoms with E-state index in [0.29, 0.717) is 26.8 Å². The molecule has 3 aromatic carbocycles. The number of carbonyl (C=O) groups is 1. The van der Waals surface area contributed by atoms with Gasteiger partial charge in [0.05, 0.1) is 28.6 Å². The number of amides is 1. The summed E-state index contributed by atoms with van der Waals surface area (Å²) in [5, 5.41) is 5.44. The molecule has 0 unspecified atom stereocenters. The predicted molar refractivity (Wildman–Crippen MR) is 125 cm³/mol. The summed E-state index contributed by atoms with van der Waals surface area (Å²) in [6, 6.07) is 23.5. The molecule has 0 saturated carbocycles. The summed E-state index contributed by atoms with van der Waals surface area (Å²) in [5.74, 6) is -0.257. The quantitative estimate of drug-likeness (QED) is 0.207. The summed E-state index contributed by atoms with van der Waals surface area (Å²) in [6.45, 7) is 0. The number of para-hydroxylation sites is 1.